The minimum atomic E-state index is -0.299. The number of esters is 2. The van der Waals surface area contributed by atoms with Gasteiger partial charge in [-0.15, -0.1) is 6.58 Å². The Morgan fingerprint density at radius 3 is 2.32 bits per heavy atom. The standard InChI is InChI=1S/C15H26O4/c1-6-8-14(16)19-10-12(5)13(9-11(3)4)15(17)18-7-2/h12-13H,3,6-10H2,1-2,4-5H3. The van der Waals surface area contributed by atoms with Gasteiger partial charge < -0.3 is 9.47 Å². The van der Waals surface area contributed by atoms with Gasteiger partial charge in [-0.1, -0.05) is 19.4 Å². The van der Waals surface area contributed by atoms with E-state index in [-0.39, 0.29) is 30.4 Å². The van der Waals surface area contributed by atoms with Gasteiger partial charge in [0.1, 0.15) is 0 Å². The Morgan fingerprint density at radius 2 is 1.84 bits per heavy atom. The highest BCUT2D eigenvalue weighted by molar-refractivity contribution is 5.73. The SMILES string of the molecule is C=C(C)CC(C(=O)OCC)C(C)COC(=O)CCC. The van der Waals surface area contributed by atoms with E-state index in [1.165, 1.54) is 0 Å². The summed E-state index contributed by atoms with van der Waals surface area (Å²) in [7, 11) is 0. The van der Waals surface area contributed by atoms with E-state index in [1.54, 1.807) is 6.92 Å². The van der Waals surface area contributed by atoms with Gasteiger partial charge in [-0.05, 0) is 26.7 Å². The van der Waals surface area contributed by atoms with Crippen molar-refractivity contribution >= 4 is 11.9 Å². The maximum absolute atomic E-state index is 11.9. The Balaban J connectivity index is 4.44. The summed E-state index contributed by atoms with van der Waals surface area (Å²) >= 11 is 0. The molecule has 0 aromatic heterocycles. The van der Waals surface area contributed by atoms with Gasteiger partial charge in [0.05, 0.1) is 19.1 Å². The van der Waals surface area contributed by atoms with Gasteiger partial charge in [0.2, 0.25) is 0 Å². The van der Waals surface area contributed by atoms with Crippen molar-refractivity contribution < 1.29 is 19.1 Å². The summed E-state index contributed by atoms with van der Waals surface area (Å²) in [5, 5.41) is 0. The monoisotopic (exact) mass is 270 g/mol. The third-order valence-corrected chi connectivity index (χ3v) is 2.81. The van der Waals surface area contributed by atoms with Gasteiger partial charge >= 0.3 is 11.9 Å². The van der Waals surface area contributed by atoms with E-state index in [2.05, 4.69) is 6.58 Å². The normalized spacial score (nSPS) is 13.5. The van der Waals surface area contributed by atoms with E-state index in [1.807, 2.05) is 20.8 Å². The van der Waals surface area contributed by atoms with E-state index < -0.39 is 0 Å². The zero-order chi connectivity index (χ0) is 14.8. The third kappa shape index (κ3) is 7.65. The molecule has 19 heavy (non-hydrogen) atoms. The molecule has 0 radical (unpaired) electrons. The summed E-state index contributed by atoms with van der Waals surface area (Å²) in [5.74, 6) is -0.833. The molecule has 0 amide bonds. The molecule has 0 N–H and O–H groups in total. The molecule has 0 aliphatic rings. The van der Waals surface area contributed by atoms with Gasteiger partial charge in [-0.2, -0.15) is 0 Å². The Bertz CT molecular complexity index is 309. The average Bonchev–Trinajstić information content (AvgIpc) is 2.33. The van der Waals surface area contributed by atoms with Crippen LogP contribution < -0.4 is 0 Å². The van der Waals surface area contributed by atoms with Crippen LogP contribution in [0, 0.1) is 11.8 Å². The fourth-order valence-corrected chi connectivity index (χ4v) is 1.76. The number of carbonyl (C=O) groups is 2. The van der Waals surface area contributed by atoms with Gasteiger partial charge in [-0.25, -0.2) is 0 Å². The number of rotatable bonds is 9. The van der Waals surface area contributed by atoms with Crippen molar-refractivity contribution in [1.82, 2.24) is 0 Å². The summed E-state index contributed by atoms with van der Waals surface area (Å²) in [6.45, 7) is 11.9. The molecule has 0 spiro atoms. The molecule has 0 saturated heterocycles. The second-order valence-corrected chi connectivity index (χ2v) is 4.93. The minimum absolute atomic E-state index is 0.0726. The summed E-state index contributed by atoms with van der Waals surface area (Å²) in [5.41, 5.74) is 0.921. The predicted molar refractivity (Wildman–Crippen MR) is 74.6 cm³/mol. The largest absolute Gasteiger partial charge is 0.466 e. The fraction of sp³-hybridized carbons (Fsp3) is 0.733. The van der Waals surface area contributed by atoms with Crippen LogP contribution >= 0.6 is 0 Å². The molecule has 4 heteroatoms. The molecule has 0 heterocycles. The van der Waals surface area contributed by atoms with Crippen molar-refractivity contribution in [2.45, 2.75) is 47.0 Å². The molecule has 0 fully saturated rings. The van der Waals surface area contributed by atoms with Crippen molar-refractivity contribution in [3.8, 4) is 0 Å². The van der Waals surface area contributed by atoms with Crippen LogP contribution in [0.2, 0.25) is 0 Å². The maximum atomic E-state index is 11.9. The van der Waals surface area contributed by atoms with Gasteiger partial charge in [0.25, 0.3) is 0 Å². The highest BCUT2D eigenvalue weighted by Gasteiger charge is 2.27. The molecule has 0 aliphatic heterocycles. The lowest BCUT2D eigenvalue weighted by Crippen LogP contribution is -2.28. The molecule has 0 rings (SSSR count). The molecule has 0 aromatic carbocycles. The molecule has 2 unspecified atom stereocenters. The lowest BCUT2D eigenvalue weighted by molar-refractivity contribution is -0.154. The molecule has 0 aromatic rings. The zero-order valence-corrected chi connectivity index (χ0v) is 12.5. The highest BCUT2D eigenvalue weighted by atomic mass is 16.5. The summed E-state index contributed by atoms with van der Waals surface area (Å²) < 4.78 is 10.2. The molecule has 0 aliphatic carbocycles. The van der Waals surface area contributed by atoms with Crippen molar-refractivity contribution in [2.75, 3.05) is 13.2 Å². The molecule has 0 saturated carbocycles. The van der Waals surface area contributed by atoms with Crippen LogP contribution in [0.3, 0.4) is 0 Å². The van der Waals surface area contributed by atoms with Crippen molar-refractivity contribution in [2.24, 2.45) is 11.8 Å². The minimum Gasteiger partial charge on any atom is -0.466 e. The summed E-state index contributed by atoms with van der Waals surface area (Å²) in [6.07, 6.45) is 1.74. The van der Waals surface area contributed by atoms with Gasteiger partial charge in [-0.3, -0.25) is 9.59 Å². The first kappa shape index (κ1) is 17.7. The first-order valence-corrected chi connectivity index (χ1v) is 6.88. The lowest BCUT2D eigenvalue weighted by atomic mass is 9.89. The molecular weight excluding hydrogens is 244 g/mol. The van der Waals surface area contributed by atoms with Crippen molar-refractivity contribution in [3.63, 3.8) is 0 Å². The number of hydrogen-bond donors (Lipinski definition) is 0. The predicted octanol–water partition coefficient (Wildman–Crippen LogP) is 3.11. The van der Waals surface area contributed by atoms with Crippen LogP contribution in [-0.4, -0.2) is 25.2 Å². The second-order valence-electron chi connectivity index (χ2n) is 4.93. The fourth-order valence-electron chi connectivity index (χ4n) is 1.76. The van der Waals surface area contributed by atoms with Gasteiger partial charge in [0.15, 0.2) is 0 Å². The molecule has 0 bridgehead atoms. The van der Waals surface area contributed by atoms with E-state index in [9.17, 15) is 9.59 Å². The average molecular weight is 270 g/mol. The molecular formula is C15H26O4. The highest BCUT2D eigenvalue weighted by Crippen LogP contribution is 2.22. The van der Waals surface area contributed by atoms with E-state index in [0.29, 0.717) is 19.4 Å². The lowest BCUT2D eigenvalue weighted by Gasteiger charge is -2.22. The van der Waals surface area contributed by atoms with E-state index in [4.69, 9.17) is 9.47 Å². The van der Waals surface area contributed by atoms with Crippen LogP contribution in [0.4, 0.5) is 0 Å². The van der Waals surface area contributed by atoms with Crippen LogP contribution in [0.5, 0.6) is 0 Å². The molecule has 4 nitrogen and oxygen atoms in total. The van der Waals surface area contributed by atoms with Gasteiger partial charge in [0, 0.05) is 12.3 Å². The van der Waals surface area contributed by atoms with Crippen LogP contribution in [0.15, 0.2) is 12.2 Å². The third-order valence-electron chi connectivity index (χ3n) is 2.81. The topological polar surface area (TPSA) is 52.6 Å². The van der Waals surface area contributed by atoms with Crippen LogP contribution in [-0.2, 0) is 19.1 Å². The van der Waals surface area contributed by atoms with Crippen LogP contribution in [0.25, 0.3) is 0 Å². The van der Waals surface area contributed by atoms with Crippen molar-refractivity contribution in [1.29, 1.82) is 0 Å². The Morgan fingerprint density at radius 1 is 1.21 bits per heavy atom. The Hall–Kier alpha value is -1.32. The number of hydrogen-bond acceptors (Lipinski definition) is 4. The Kier molecular flexibility index (Phi) is 8.92. The first-order valence-electron chi connectivity index (χ1n) is 6.88. The molecule has 110 valence electrons. The van der Waals surface area contributed by atoms with E-state index >= 15 is 0 Å². The smallest absolute Gasteiger partial charge is 0.309 e. The number of carbonyl (C=O) groups excluding carboxylic acids is 2. The number of allylic oxidation sites excluding steroid dienone is 1. The quantitative estimate of drug-likeness (QED) is 0.477. The first-order chi connectivity index (χ1) is 8.92. The summed E-state index contributed by atoms with van der Waals surface area (Å²) in [4.78, 5) is 23.2. The number of ether oxygens (including phenoxy) is 2. The van der Waals surface area contributed by atoms with Crippen LogP contribution in [0.1, 0.15) is 47.0 Å². The Labute approximate surface area is 116 Å². The second kappa shape index (κ2) is 9.59. The molecule has 2 atom stereocenters. The van der Waals surface area contributed by atoms with E-state index in [0.717, 1.165) is 12.0 Å². The summed E-state index contributed by atoms with van der Waals surface area (Å²) in [6, 6.07) is 0. The maximum Gasteiger partial charge on any atom is 0.309 e. The van der Waals surface area contributed by atoms with Crippen molar-refractivity contribution in [3.05, 3.63) is 12.2 Å². The zero-order valence-electron chi connectivity index (χ0n) is 12.5.